The van der Waals surface area contributed by atoms with Gasteiger partial charge in [-0.05, 0) is 49.1 Å². The summed E-state index contributed by atoms with van der Waals surface area (Å²) in [6, 6.07) is 11.1. The Morgan fingerprint density at radius 3 is 2.45 bits per heavy atom. The van der Waals surface area contributed by atoms with E-state index < -0.39 is 5.97 Å². The number of amides is 1. The molecule has 0 aliphatic carbocycles. The van der Waals surface area contributed by atoms with Crippen molar-refractivity contribution >= 4 is 11.9 Å². The number of ether oxygens (including phenoxy) is 4. The lowest BCUT2D eigenvalue weighted by Gasteiger charge is -2.25. The quantitative estimate of drug-likeness (QED) is 0.649. The second-order valence-corrected chi connectivity index (χ2v) is 7.91. The molecular weight excluding hydrogens is 398 g/mol. The molecule has 0 spiro atoms. The highest BCUT2D eigenvalue weighted by Crippen LogP contribution is 2.34. The lowest BCUT2D eigenvalue weighted by atomic mass is 9.95. The lowest BCUT2D eigenvalue weighted by molar-refractivity contribution is -0.150. The number of hydrogen-bond donors (Lipinski definition) is 1. The predicted molar refractivity (Wildman–Crippen MR) is 116 cm³/mol. The molecule has 0 fully saturated rings. The molecule has 0 unspecified atom stereocenters. The van der Waals surface area contributed by atoms with E-state index in [9.17, 15) is 9.59 Å². The number of nitrogens with one attached hydrogen (secondary N) is 1. The molecule has 166 valence electrons. The Labute approximate surface area is 182 Å². The van der Waals surface area contributed by atoms with E-state index in [4.69, 9.17) is 18.9 Å². The normalized spacial score (nSPS) is 13.5. The molecule has 0 saturated heterocycles. The zero-order valence-corrected chi connectivity index (χ0v) is 18.4. The first-order valence-electron chi connectivity index (χ1n) is 10.4. The number of hydrogen-bond acceptors (Lipinski definition) is 6. The Morgan fingerprint density at radius 1 is 1.00 bits per heavy atom. The molecule has 7 nitrogen and oxygen atoms in total. The van der Waals surface area contributed by atoms with Crippen LogP contribution in [0.25, 0.3) is 0 Å². The molecule has 0 saturated carbocycles. The van der Waals surface area contributed by atoms with Crippen molar-refractivity contribution in [2.24, 2.45) is 5.92 Å². The van der Waals surface area contributed by atoms with Crippen molar-refractivity contribution in [3.63, 3.8) is 0 Å². The van der Waals surface area contributed by atoms with E-state index in [1.807, 2.05) is 64.1 Å². The monoisotopic (exact) mass is 427 g/mol. The van der Waals surface area contributed by atoms with E-state index in [1.165, 1.54) is 0 Å². The molecule has 3 rings (SSSR count). The number of aryl methyl sites for hydroxylation is 2. The van der Waals surface area contributed by atoms with Crippen molar-refractivity contribution in [1.82, 2.24) is 5.32 Å². The molecule has 0 bridgehead atoms. The van der Waals surface area contributed by atoms with Crippen LogP contribution >= 0.6 is 0 Å². The Bertz CT molecular complexity index is 940. The highest BCUT2D eigenvalue weighted by molar-refractivity contribution is 5.81. The maximum atomic E-state index is 12.4. The Hall–Kier alpha value is -3.22. The van der Waals surface area contributed by atoms with Gasteiger partial charge < -0.3 is 24.3 Å². The first kappa shape index (κ1) is 22.5. The standard InChI is InChI=1S/C24H29NO6/c1-15(2)24(18-6-8-20-21(12-18)29-10-9-28-20)25-22(26)13-31-23(27)14-30-19-7-5-16(3)11-17(19)4/h5-8,11-12,15,24H,9-10,13-14H2,1-4H3,(H,25,26)/t24-/m1/s1. The highest BCUT2D eigenvalue weighted by atomic mass is 16.6. The predicted octanol–water partition coefficient (Wildman–Crippen LogP) is 3.51. The third-order valence-corrected chi connectivity index (χ3v) is 4.95. The molecule has 2 aromatic rings. The molecule has 1 amide bonds. The van der Waals surface area contributed by atoms with Gasteiger partial charge in [0.1, 0.15) is 19.0 Å². The van der Waals surface area contributed by atoms with Crippen molar-refractivity contribution in [1.29, 1.82) is 0 Å². The molecule has 0 radical (unpaired) electrons. The minimum Gasteiger partial charge on any atom is -0.486 e. The van der Waals surface area contributed by atoms with Gasteiger partial charge in [-0.15, -0.1) is 0 Å². The fourth-order valence-electron chi connectivity index (χ4n) is 3.39. The van der Waals surface area contributed by atoms with Crippen molar-refractivity contribution in [3.05, 3.63) is 53.1 Å². The molecule has 31 heavy (non-hydrogen) atoms. The second kappa shape index (κ2) is 10.2. The van der Waals surface area contributed by atoms with Crippen molar-refractivity contribution in [3.8, 4) is 17.2 Å². The molecule has 1 aliphatic heterocycles. The first-order valence-corrected chi connectivity index (χ1v) is 10.4. The van der Waals surface area contributed by atoms with Crippen LogP contribution in [0.15, 0.2) is 36.4 Å². The minimum absolute atomic E-state index is 0.120. The van der Waals surface area contributed by atoms with Gasteiger partial charge in [0.15, 0.2) is 24.7 Å². The van der Waals surface area contributed by atoms with Crippen LogP contribution in [0.2, 0.25) is 0 Å². The zero-order valence-electron chi connectivity index (χ0n) is 18.4. The summed E-state index contributed by atoms with van der Waals surface area (Å²) in [6.45, 7) is 8.29. The van der Waals surface area contributed by atoms with E-state index >= 15 is 0 Å². The summed E-state index contributed by atoms with van der Waals surface area (Å²) in [4.78, 5) is 24.4. The third kappa shape index (κ3) is 6.13. The molecule has 0 aromatic heterocycles. The Morgan fingerprint density at radius 2 is 1.74 bits per heavy atom. The van der Waals surface area contributed by atoms with Gasteiger partial charge in [-0.25, -0.2) is 4.79 Å². The fourth-order valence-corrected chi connectivity index (χ4v) is 3.39. The van der Waals surface area contributed by atoms with Crippen LogP contribution in [-0.4, -0.2) is 38.3 Å². The summed E-state index contributed by atoms with van der Waals surface area (Å²) in [7, 11) is 0. The summed E-state index contributed by atoms with van der Waals surface area (Å²) >= 11 is 0. The molecule has 1 aliphatic rings. The van der Waals surface area contributed by atoms with Crippen LogP contribution in [0.1, 0.15) is 36.6 Å². The molecule has 1 heterocycles. The summed E-state index contributed by atoms with van der Waals surface area (Å²) in [6.07, 6.45) is 0. The number of carbonyl (C=O) groups is 2. The van der Waals surface area contributed by atoms with Gasteiger partial charge in [0.2, 0.25) is 0 Å². The van der Waals surface area contributed by atoms with Gasteiger partial charge in [0.25, 0.3) is 5.91 Å². The summed E-state index contributed by atoms with van der Waals surface area (Å²) < 4.78 is 21.8. The number of benzene rings is 2. The van der Waals surface area contributed by atoms with Crippen molar-refractivity contribution in [2.75, 3.05) is 26.4 Å². The van der Waals surface area contributed by atoms with Crippen LogP contribution in [-0.2, 0) is 14.3 Å². The first-order chi connectivity index (χ1) is 14.8. The SMILES string of the molecule is Cc1ccc(OCC(=O)OCC(=O)N[C@@H](c2ccc3c(c2)OCCO3)C(C)C)c(C)c1. The molecular formula is C24H29NO6. The van der Waals surface area contributed by atoms with E-state index in [0.29, 0.717) is 30.5 Å². The second-order valence-electron chi connectivity index (χ2n) is 7.91. The Balaban J connectivity index is 1.51. The third-order valence-electron chi connectivity index (χ3n) is 4.95. The number of fused-ring (bicyclic) bond motifs is 1. The molecule has 1 atom stereocenters. The van der Waals surface area contributed by atoms with Crippen LogP contribution in [0.5, 0.6) is 17.2 Å². The average Bonchev–Trinajstić information content (AvgIpc) is 2.75. The smallest absolute Gasteiger partial charge is 0.344 e. The lowest BCUT2D eigenvalue weighted by Crippen LogP contribution is -2.35. The fraction of sp³-hybridized carbons (Fsp3) is 0.417. The highest BCUT2D eigenvalue weighted by Gasteiger charge is 2.22. The number of rotatable bonds is 8. The number of carbonyl (C=O) groups excluding carboxylic acids is 2. The molecule has 2 aromatic carbocycles. The van der Waals surface area contributed by atoms with Gasteiger partial charge >= 0.3 is 5.97 Å². The summed E-state index contributed by atoms with van der Waals surface area (Å²) in [5.41, 5.74) is 2.95. The maximum Gasteiger partial charge on any atom is 0.344 e. The van der Waals surface area contributed by atoms with Gasteiger partial charge in [-0.2, -0.15) is 0 Å². The topological polar surface area (TPSA) is 83.1 Å². The number of esters is 1. The van der Waals surface area contributed by atoms with Crippen LogP contribution in [0.4, 0.5) is 0 Å². The maximum absolute atomic E-state index is 12.4. The van der Waals surface area contributed by atoms with Crippen molar-refractivity contribution in [2.45, 2.75) is 33.7 Å². The van der Waals surface area contributed by atoms with Gasteiger partial charge in [-0.3, -0.25) is 4.79 Å². The average molecular weight is 427 g/mol. The van der Waals surface area contributed by atoms with E-state index in [-0.39, 0.29) is 31.1 Å². The minimum atomic E-state index is -0.601. The van der Waals surface area contributed by atoms with E-state index in [1.54, 1.807) is 0 Å². The van der Waals surface area contributed by atoms with E-state index in [2.05, 4.69) is 5.32 Å². The van der Waals surface area contributed by atoms with Crippen LogP contribution in [0.3, 0.4) is 0 Å². The summed E-state index contributed by atoms with van der Waals surface area (Å²) in [5.74, 6) is 1.12. The zero-order chi connectivity index (χ0) is 22.4. The summed E-state index contributed by atoms with van der Waals surface area (Å²) in [5, 5.41) is 2.93. The van der Waals surface area contributed by atoms with Gasteiger partial charge in [0, 0.05) is 0 Å². The molecule has 1 N–H and O–H groups in total. The van der Waals surface area contributed by atoms with Gasteiger partial charge in [-0.1, -0.05) is 37.6 Å². The van der Waals surface area contributed by atoms with Gasteiger partial charge in [0.05, 0.1) is 6.04 Å². The van der Waals surface area contributed by atoms with Crippen LogP contribution < -0.4 is 19.5 Å². The van der Waals surface area contributed by atoms with E-state index in [0.717, 1.165) is 16.7 Å². The van der Waals surface area contributed by atoms with Crippen LogP contribution in [0, 0.1) is 19.8 Å². The Kier molecular flexibility index (Phi) is 7.39. The molecule has 7 heteroatoms. The largest absolute Gasteiger partial charge is 0.486 e. The van der Waals surface area contributed by atoms with Crippen molar-refractivity contribution < 1.29 is 28.5 Å².